The molecule has 0 radical (unpaired) electrons. The van der Waals surface area contributed by atoms with Crippen LogP contribution in [0.25, 0.3) is 0 Å². The van der Waals surface area contributed by atoms with E-state index in [-0.39, 0.29) is 12.0 Å². The maximum Gasteiger partial charge on any atom is 0.133 e. The van der Waals surface area contributed by atoms with E-state index in [0.717, 1.165) is 18.4 Å². The molecule has 0 spiro atoms. The number of Topliss-reactive ketones (excluding diaryl/α,β-unsaturated/α-hetero) is 1. The second-order valence-corrected chi connectivity index (χ2v) is 6.03. The normalized spacial score (nSPS) is 13.6. The molecule has 1 atom stereocenters. The van der Waals surface area contributed by atoms with Crippen LogP contribution in [-0.2, 0) is 4.79 Å². The number of hydrogen-bond acceptors (Lipinski definition) is 2. The van der Waals surface area contributed by atoms with Crippen LogP contribution in [0.3, 0.4) is 0 Å². The summed E-state index contributed by atoms with van der Waals surface area (Å²) in [5.74, 6) is 0.775. The molecule has 0 aliphatic heterocycles. The van der Waals surface area contributed by atoms with Crippen LogP contribution >= 0.6 is 0 Å². The van der Waals surface area contributed by atoms with Gasteiger partial charge >= 0.3 is 0 Å². The molecule has 0 bridgehead atoms. The first kappa shape index (κ1) is 15.4. The van der Waals surface area contributed by atoms with E-state index < -0.39 is 0 Å². The van der Waals surface area contributed by atoms with E-state index in [0.29, 0.717) is 24.5 Å². The number of ketones is 1. The summed E-state index contributed by atoms with van der Waals surface area (Å²) in [6, 6.07) is 0. The van der Waals surface area contributed by atoms with E-state index in [9.17, 15) is 4.79 Å². The molecule has 0 saturated carbocycles. The summed E-state index contributed by atoms with van der Waals surface area (Å²) in [7, 11) is 0. The van der Waals surface area contributed by atoms with Gasteiger partial charge in [-0.15, -0.1) is 0 Å². The van der Waals surface area contributed by atoms with Gasteiger partial charge in [0.2, 0.25) is 0 Å². The van der Waals surface area contributed by atoms with Crippen molar-refractivity contribution in [3.8, 4) is 0 Å². The van der Waals surface area contributed by atoms with Gasteiger partial charge in [0.05, 0.1) is 6.61 Å². The number of aliphatic hydroxyl groups is 1. The van der Waals surface area contributed by atoms with Gasteiger partial charge in [0.25, 0.3) is 0 Å². The molecule has 2 heteroatoms. The third kappa shape index (κ3) is 8.66. The fraction of sp³-hybridized carbons (Fsp3) is 0.786. The van der Waals surface area contributed by atoms with Gasteiger partial charge in [0.15, 0.2) is 0 Å². The quantitative estimate of drug-likeness (QED) is 0.676. The molecule has 0 aliphatic carbocycles. The van der Waals surface area contributed by atoms with Crippen molar-refractivity contribution < 1.29 is 9.90 Å². The van der Waals surface area contributed by atoms with Crippen molar-refractivity contribution >= 4 is 5.78 Å². The lowest BCUT2D eigenvalue weighted by molar-refractivity contribution is -0.121. The Labute approximate surface area is 99.7 Å². The van der Waals surface area contributed by atoms with Crippen LogP contribution in [0.5, 0.6) is 0 Å². The Morgan fingerprint density at radius 1 is 1.38 bits per heavy atom. The van der Waals surface area contributed by atoms with Crippen molar-refractivity contribution in [1.29, 1.82) is 0 Å². The molecule has 0 amide bonds. The van der Waals surface area contributed by atoms with Crippen molar-refractivity contribution in [1.82, 2.24) is 0 Å². The van der Waals surface area contributed by atoms with E-state index in [1.807, 2.05) is 0 Å². The Bertz CT molecular complexity index is 236. The topological polar surface area (TPSA) is 37.3 Å². The number of rotatable bonds is 7. The molecule has 0 aromatic rings. The predicted octanol–water partition coefficient (Wildman–Crippen LogP) is 3.35. The smallest absolute Gasteiger partial charge is 0.133 e. The predicted molar refractivity (Wildman–Crippen MR) is 68.3 cm³/mol. The maximum absolute atomic E-state index is 11.6. The van der Waals surface area contributed by atoms with Gasteiger partial charge in [-0.25, -0.2) is 0 Å². The molecular formula is C14H26O2. The number of carbonyl (C=O) groups is 1. The van der Waals surface area contributed by atoms with Crippen molar-refractivity contribution in [2.24, 2.45) is 11.3 Å². The summed E-state index contributed by atoms with van der Waals surface area (Å²) in [6.45, 7) is 12.2. The van der Waals surface area contributed by atoms with E-state index in [1.165, 1.54) is 0 Å². The minimum atomic E-state index is 0.0558. The largest absolute Gasteiger partial charge is 0.392 e. The molecule has 1 N–H and O–H groups in total. The van der Waals surface area contributed by atoms with Crippen LogP contribution in [0.1, 0.15) is 53.4 Å². The molecule has 0 saturated heterocycles. The Morgan fingerprint density at radius 3 is 2.38 bits per heavy atom. The second-order valence-electron chi connectivity index (χ2n) is 6.03. The van der Waals surface area contributed by atoms with E-state index in [2.05, 4.69) is 34.3 Å². The Kier molecular flexibility index (Phi) is 6.58. The number of aliphatic hydroxyl groups excluding tert-OH is 1. The summed E-state index contributed by atoms with van der Waals surface area (Å²) in [5.41, 5.74) is 0.949. The SMILES string of the molecule is C=C(CO)CC(C)CCC(=O)CC(C)(C)C. The molecular weight excluding hydrogens is 200 g/mol. The summed E-state index contributed by atoms with van der Waals surface area (Å²) in [5, 5.41) is 8.85. The monoisotopic (exact) mass is 226 g/mol. The van der Waals surface area contributed by atoms with Crippen molar-refractivity contribution in [2.75, 3.05) is 6.61 Å². The standard InChI is InChI=1S/C14H26O2/c1-11(8-12(2)10-15)6-7-13(16)9-14(3,4)5/h11,15H,2,6-10H2,1,3-5H3. The molecule has 2 nitrogen and oxygen atoms in total. The van der Waals surface area contributed by atoms with E-state index >= 15 is 0 Å². The molecule has 16 heavy (non-hydrogen) atoms. The van der Waals surface area contributed by atoms with Gasteiger partial charge in [-0.05, 0) is 24.2 Å². The van der Waals surface area contributed by atoms with Gasteiger partial charge in [-0.2, -0.15) is 0 Å². The molecule has 0 aromatic carbocycles. The van der Waals surface area contributed by atoms with Crippen LogP contribution in [0.15, 0.2) is 12.2 Å². The average molecular weight is 226 g/mol. The minimum absolute atomic E-state index is 0.0558. The molecule has 0 fully saturated rings. The Morgan fingerprint density at radius 2 is 1.94 bits per heavy atom. The van der Waals surface area contributed by atoms with Gasteiger partial charge in [-0.3, -0.25) is 4.79 Å². The van der Waals surface area contributed by atoms with Gasteiger partial charge in [-0.1, -0.05) is 39.8 Å². The summed E-state index contributed by atoms with van der Waals surface area (Å²) >= 11 is 0. The molecule has 94 valence electrons. The Balaban J connectivity index is 3.79. The Hall–Kier alpha value is -0.630. The zero-order valence-corrected chi connectivity index (χ0v) is 11.2. The highest BCUT2D eigenvalue weighted by molar-refractivity contribution is 5.78. The first-order valence-electron chi connectivity index (χ1n) is 6.04. The maximum atomic E-state index is 11.6. The van der Waals surface area contributed by atoms with Crippen LogP contribution in [0.4, 0.5) is 0 Å². The summed E-state index contributed by atoms with van der Waals surface area (Å²) in [6.07, 6.45) is 3.02. The van der Waals surface area contributed by atoms with Crippen molar-refractivity contribution in [3.63, 3.8) is 0 Å². The van der Waals surface area contributed by atoms with Crippen molar-refractivity contribution in [2.45, 2.75) is 53.4 Å². The summed E-state index contributed by atoms with van der Waals surface area (Å²) < 4.78 is 0. The molecule has 0 heterocycles. The lowest BCUT2D eigenvalue weighted by Crippen LogP contribution is -2.13. The van der Waals surface area contributed by atoms with E-state index in [1.54, 1.807) is 0 Å². The lowest BCUT2D eigenvalue weighted by atomic mass is 9.87. The highest BCUT2D eigenvalue weighted by Crippen LogP contribution is 2.22. The van der Waals surface area contributed by atoms with Gasteiger partial charge < -0.3 is 5.11 Å². The molecule has 0 aliphatic rings. The van der Waals surface area contributed by atoms with Gasteiger partial charge in [0.1, 0.15) is 5.78 Å². The third-order valence-electron chi connectivity index (χ3n) is 2.50. The number of carbonyl (C=O) groups excluding carboxylic acids is 1. The first-order chi connectivity index (χ1) is 7.24. The lowest BCUT2D eigenvalue weighted by Gasteiger charge is -2.17. The van der Waals surface area contributed by atoms with E-state index in [4.69, 9.17) is 5.11 Å². The van der Waals surface area contributed by atoms with Gasteiger partial charge in [0, 0.05) is 12.8 Å². The molecule has 1 unspecified atom stereocenters. The molecule has 0 aromatic heterocycles. The second kappa shape index (κ2) is 6.85. The van der Waals surface area contributed by atoms with Crippen molar-refractivity contribution in [3.05, 3.63) is 12.2 Å². The summed E-state index contributed by atoms with van der Waals surface area (Å²) in [4.78, 5) is 11.6. The third-order valence-corrected chi connectivity index (χ3v) is 2.50. The fourth-order valence-corrected chi connectivity index (χ4v) is 1.75. The van der Waals surface area contributed by atoms with Crippen LogP contribution < -0.4 is 0 Å². The molecule has 0 rings (SSSR count). The fourth-order valence-electron chi connectivity index (χ4n) is 1.75. The highest BCUT2D eigenvalue weighted by Gasteiger charge is 2.16. The minimum Gasteiger partial charge on any atom is -0.392 e. The first-order valence-corrected chi connectivity index (χ1v) is 6.04. The zero-order chi connectivity index (χ0) is 12.8. The zero-order valence-electron chi connectivity index (χ0n) is 11.2. The van der Waals surface area contributed by atoms with Crippen LogP contribution in [-0.4, -0.2) is 17.5 Å². The average Bonchev–Trinajstić information content (AvgIpc) is 2.12. The highest BCUT2D eigenvalue weighted by atomic mass is 16.3. The van der Waals surface area contributed by atoms with Crippen LogP contribution in [0.2, 0.25) is 0 Å². The number of hydrogen-bond donors (Lipinski definition) is 1. The van der Waals surface area contributed by atoms with Crippen LogP contribution in [0, 0.1) is 11.3 Å².